The molecule has 0 atom stereocenters. The van der Waals surface area contributed by atoms with Gasteiger partial charge in [0.15, 0.2) is 0 Å². The molecular formula is C20H16BrIN2O3S. The zero-order chi connectivity index (χ0) is 20.1. The topological polar surface area (TPSA) is 66.5 Å². The number of anilines is 2. The number of halogens is 2. The van der Waals surface area contributed by atoms with Gasteiger partial charge in [0.1, 0.15) is 6.54 Å². The largest absolute Gasteiger partial charge is 0.323 e. The first-order chi connectivity index (χ1) is 13.4. The lowest BCUT2D eigenvalue weighted by Crippen LogP contribution is -2.38. The molecule has 0 aliphatic heterocycles. The van der Waals surface area contributed by atoms with Crippen LogP contribution in [0.4, 0.5) is 11.4 Å². The van der Waals surface area contributed by atoms with Gasteiger partial charge in [-0.25, -0.2) is 8.42 Å². The van der Waals surface area contributed by atoms with E-state index in [9.17, 15) is 13.2 Å². The number of amides is 1. The minimum atomic E-state index is -3.91. The van der Waals surface area contributed by atoms with Gasteiger partial charge in [-0.15, -0.1) is 0 Å². The number of para-hydroxylation sites is 1. The molecule has 0 aromatic heterocycles. The Hall–Kier alpha value is -1.91. The van der Waals surface area contributed by atoms with Crippen LogP contribution in [0.2, 0.25) is 0 Å². The molecule has 0 aliphatic rings. The van der Waals surface area contributed by atoms with Crippen molar-refractivity contribution in [2.45, 2.75) is 4.90 Å². The SMILES string of the molecule is O=C(CN(c1ccc(I)cc1)S(=O)(=O)c1ccccc1)Nc1ccccc1Br. The van der Waals surface area contributed by atoms with E-state index in [4.69, 9.17) is 0 Å². The monoisotopic (exact) mass is 570 g/mol. The van der Waals surface area contributed by atoms with Crippen molar-refractivity contribution in [3.63, 3.8) is 0 Å². The first kappa shape index (κ1) is 20.8. The first-order valence-corrected chi connectivity index (χ1v) is 11.6. The van der Waals surface area contributed by atoms with Crippen molar-refractivity contribution >= 4 is 65.8 Å². The van der Waals surface area contributed by atoms with Crippen LogP contribution in [0.15, 0.2) is 88.2 Å². The summed E-state index contributed by atoms with van der Waals surface area (Å²) in [6, 6.07) is 22.2. The molecule has 0 bridgehead atoms. The third kappa shape index (κ3) is 4.92. The maximum absolute atomic E-state index is 13.2. The smallest absolute Gasteiger partial charge is 0.264 e. The summed E-state index contributed by atoms with van der Waals surface area (Å²) in [4.78, 5) is 12.8. The van der Waals surface area contributed by atoms with Crippen LogP contribution in [0.25, 0.3) is 0 Å². The Morgan fingerprint density at radius 1 is 0.929 bits per heavy atom. The van der Waals surface area contributed by atoms with Crippen LogP contribution in [0.5, 0.6) is 0 Å². The molecule has 0 radical (unpaired) electrons. The number of nitrogens with one attached hydrogen (secondary N) is 1. The highest BCUT2D eigenvalue weighted by molar-refractivity contribution is 14.1. The van der Waals surface area contributed by atoms with Gasteiger partial charge in [0, 0.05) is 8.04 Å². The van der Waals surface area contributed by atoms with Gasteiger partial charge in [-0.05, 0) is 87.1 Å². The first-order valence-electron chi connectivity index (χ1n) is 8.25. The molecule has 1 N–H and O–H groups in total. The van der Waals surface area contributed by atoms with Crippen LogP contribution in [-0.4, -0.2) is 20.9 Å². The number of hydrogen-bond acceptors (Lipinski definition) is 3. The minimum Gasteiger partial charge on any atom is -0.323 e. The summed E-state index contributed by atoms with van der Waals surface area (Å²) in [6.07, 6.45) is 0. The van der Waals surface area contributed by atoms with Crippen molar-refractivity contribution in [1.82, 2.24) is 0 Å². The molecule has 5 nitrogen and oxygen atoms in total. The third-order valence-corrected chi connectivity index (χ3v) is 7.08. The Morgan fingerprint density at radius 3 is 2.18 bits per heavy atom. The number of carbonyl (C=O) groups is 1. The molecule has 0 spiro atoms. The number of carbonyl (C=O) groups excluding carboxylic acids is 1. The Kier molecular flexibility index (Phi) is 6.73. The fourth-order valence-corrected chi connectivity index (χ4v) is 4.71. The Morgan fingerprint density at radius 2 is 1.54 bits per heavy atom. The molecule has 1 amide bonds. The summed E-state index contributed by atoms with van der Waals surface area (Å²) in [5.41, 5.74) is 0.999. The van der Waals surface area contributed by atoms with Gasteiger partial charge < -0.3 is 5.32 Å². The molecule has 0 fully saturated rings. The summed E-state index contributed by atoms with van der Waals surface area (Å²) < 4.78 is 29.2. The molecule has 0 unspecified atom stereocenters. The minimum absolute atomic E-state index is 0.127. The Labute approximate surface area is 186 Å². The summed E-state index contributed by atoms with van der Waals surface area (Å²) >= 11 is 5.52. The number of benzene rings is 3. The highest BCUT2D eigenvalue weighted by atomic mass is 127. The van der Waals surface area contributed by atoms with Gasteiger partial charge in [0.25, 0.3) is 10.0 Å². The lowest BCUT2D eigenvalue weighted by molar-refractivity contribution is -0.114. The predicted molar refractivity (Wildman–Crippen MR) is 123 cm³/mol. The summed E-state index contributed by atoms with van der Waals surface area (Å²) in [6.45, 7) is -0.348. The fraction of sp³-hybridized carbons (Fsp3) is 0.0500. The molecule has 3 aromatic rings. The molecule has 0 aliphatic carbocycles. The molecule has 0 saturated carbocycles. The van der Waals surface area contributed by atoms with Crippen LogP contribution in [0.3, 0.4) is 0 Å². The van der Waals surface area contributed by atoms with E-state index < -0.39 is 15.9 Å². The van der Waals surface area contributed by atoms with E-state index in [-0.39, 0.29) is 11.4 Å². The number of nitrogens with zero attached hydrogens (tertiary/aromatic N) is 1. The number of hydrogen-bond donors (Lipinski definition) is 1. The maximum Gasteiger partial charge on any atom is 0.264 e. The Balaban J connectivity index is 1.94. The van der Waals surface area contributed by atoms with E-state index in [0.29, 0.717) is 11.4 Å². The molecule has 0 heterocycles. The predicted octanol–water partition coefficient (Wildman–Crippen LogP) is 4.89. The van der Waals surface area contributed by atoms with Crippen LogP contribution < -0.4 is 9.62 Å². The van der Waals surface area contributed by atoms with Crippen LogP contribution in [0.1, 0.15) is 0 Å². The normalized spacial score (nSPS) is 11.1. The molecule has 8 heteroatoms. The summed E-state index contributed by atoms with van der Waals surface area (Å²) in [5, 5.41) is 2.75. The fourth-order valence-electron chi connectivity index (χ4n) is 2.52. The van der Waals surface area contributed by atoms with Crippen LogP contribution >= 0.6 is 38.5 Å². The number of sulfonamides is 1. The second-order valence-corrected chi connectivity index (χ2v) is 9.79. The van der Waals surface area contributed by atoms with Gasteiger partial charge in [-0.3, -0.25) is 9.10 Å². The summed E-state index contributed by atoms with van der Waals surface area (Å²) in [7, 11) is -3.91. The maximum atomic E-state index is 13.2. The van der Waals surface area contributed by atoms with Crippen molar-refractivity contribution in [3.8, 4) is 0 Å². The van der Waals surface area contributed by atoms with Crippen molar-refractivity contribution in [2.24, 2.45) is 0 Å². The standard InChI is InChI=1S/C20H16BrIN2O3S/c21-18-8-4-5-9-19(18)23-20(25)14-24(16-12-10-15(22)11-13-16)28(26,27)17-6-2-1-3-7-17/h1-13H,14H2,(H,23,25). The van der Waals surface area contributed by atoms with Gasteiger partial charge in [0.2, 0.25) is 5.91 Å². The average Bonchev–Trinajstić information content (AvgIpc) is 2.69. The second kappa shape index (κ2) is 9.06. The van der Waals surface area contributed by atoms with E-state index in [2.05, 4.69) is 43.8 Å². The van der Waals surface area contributed by atoms with E-state index in [1.54, 1.807) is 60.7 Å². The molecular weight excluding hydrogens is 555 g/mol. The van der Waals surface area contributed by atoms with Crippen LogP contribution in [-0.2, 0) is 14.8 Å². The zero-order valence-electron chi connectivity index (χ0n) is 14.5. The second-order valence-electron chi connectivity index (χ2n) is 5.83. The molecule has 3 rings (SSSR count). The van der Waals surface area contributed by atoms with E-state index >= 15 is 0 Å². The van der Waals surface area contributed by atoms with Gasteiger partial charge in [0.05, 0.1) is 16.3 Å². The highest BCUT2D eigenvalue weighted by Gasteiger charge is 2.27. The van der Waals surface area contributed by atoms with Gasteiger partial charge >= 0.3 is 0 Å². The highest BCUT2D eigenvalue weighted by Crippen LogP contribution is 2.25. The van der Waals surface area contributed by atoms with E-state index in [1.165, 1.54) is 12.1 Å². The molecule has 0 saturated heterocycles. The van der Waals surface area contributed by atoms with Gasteiger partial charge in [-0.2, -0.15) is 0 Å². The lowest BCUT2D eigenvalue weighted by Gasteiger charge is -2.24. The van der Waals surface area contributed by atoms with Crippen molar-refractivity contribution in [3.05, 3.63) is 86.9 Å². The average molecular weight is 571 g/mol. The quantitative estimate of drug-likeness (QED) is 0.429. The molecule has 3 aromatic carbocycles. The molecule has 144 valence electrons. The third-order valence-electron chi connectivity index (χ3n) is 3.88. The van der Waals surface area contributed by atoms with E-state index in [0.717, 1.165) is 12.3 Å². The van der Waals surface area contributed by atoms with Crippen molar-refractivity contribution in [2.75, 3.05) is 16.2 Å². The van der Waals surface area contributed by atoms with Crippen LogP contribution in [0, 0.1) is 3.57 Å². The van der Waals surface area contributed by atoms with Crippen molar-refractivity contribution < 1.29 is 13.2 Å². The zero-order valence-corrected chi connectivity index (χ0v) is 19.1. The van der Waals surface area contributed by atoms with Crippen molar-refractivity contribution in [1.29, 1.82) is 0 Å². The van der Waals surface area contributed by atoms with E-state index in [1.807, 2.05) is 6.07 Å². The molecule has 28 heavy (non-hydrogen) atoms. The Bertz CT molecular complexity index is 1070. The van der Waals surface area contributed by atoms with Gasteiger partial charge in [-0.1, -0.05) is 30.3 Å². The lowest BCUT2D eigenvalue weighted by atomic mass is 10.3. The summed E-state index contributed by atoms with van der Waals surface area (Å²) in [5.74, 6) is -0.440. The number of rotatable bonds is 6.